The molecule has 0 heterocycles. The molecule has 4 fully saturated rings. The SMILES string of the molecule is CC(C)CCC[C@@H](C)[C@H]1CC[C@H]2[C@@H]3CC[C@H]4[C@H](Cc5ccc(C=O)cc5)[C@@H](O)CC[C@]4(C)[C@H]3CC[C@]12C. The van der Waals surface area contributed by atoms with Gasteiger partial charge in [-0.1, -0.05) is 78.1 Å². The number of aliphatic hydroxyl groups is 1. The fourth-order valence-corrected chi connectivity index (χ4v) is 10.8. The van der Waals surface area contributed by atoms with E-state index in [-0.39, 0.29) is 6.10 Å². The summed E-state index contributed by atoms with van der Waals surface area (Å²) < 4.78 is 0. The Labute approximate surface area is 227 Å². The van der Waals surface area contributed by atoms with Crippen LogP contribution in [-0.2, 0) is 6.42 Å². The molecule has 0 aliphatic heterocycles. The van der Waals surface area contributed by atoms with Crippen LogP contribution in [0.25, 0.3) is 0 Å². The van der Waals surface area contributed by atoms with Crippen LogP contribution in [0, 0.1) is 58.2 Å². The number of rotatable bonds is 8. The average Bonchev–Trinajstić information content (AvgIpc) is 3.23. The van der Waals surface area contributed by atoms with Crippen LogP contribution in [0.1, 0.15) is 121 Å². The molecule has 2 nitrogen and oxygen atoms in total. The van der Waals surface area contributed by atoms with Crippen molar-refractivity contribution in [3.63, 3.8) is 0 Å². The zero-order valence-electron chi connectivity index (χ0n) is 24.4. The molecule has 0 amide bonds. The van der Waals surface area contributed by atoms with Crippen LogP contribution in [0.4, 0.5) is 0 Å². The van der Waals surface area contributed by atoms with Crippen LogP contribution in [0.2, 0.25) is 0 Å². The normalized spacial score (nSPS) is 42.1. The Kier molecular flexibility index (Phi) is 7.99. The van der Waals surface area contributed by atoms with Gasteiger partial charge in [0, 0.05) is 5.56 Å². The highest BCUT2D eigenvalue weighted by atomic mass is 16.3. The Morgan fingerprint density at radius 1 is 0.865 bits per heavy atom. The summed E-state index contributed by atoms with van der Waals surface area (Å²) in [5, 5.41) is 11.2. The second-order valence-corrected chi connectivity index (χ2v) is 14.9. The molecule has 0 aromatic heterocycles. The van der Waals surface area contributed by atoms with Gasteiger partial charge in [-0.15, -0.1) is 0 Å². The molecule has 1 N–H and O–H groups in total. The van der Waals surface area contributed by atoms with Crippen LogP contribution in [0.5, 0.6) is 0 Å². The van der Waals surface area contributed by atoms with Gasteiger partial charge in [0.15, 0.2) is 0 Å². The van der Waals surface area contributed by atoms with Crippen molar-refractivity contribution in [3.05, 3.63) is 35.4 Å². The van der Waals surface area contributed by atoms with Crippen molar-refractivity contribution in [3.8, 4) is 0 Å². The maximum Gasteiger partial charge on any atom is 0.150 e. The quantitative estimate of drug-likeness (QED) is 0.358. The van der Waals surface area contributed by atoms with Crippen molar-refractivity contribution < 1.29 is 9.90 Å². The van der Waals surface area contributed by atoms with Crippen molar-refractivity contribution in [2.45, 2.75) is 118 Å². The number of benzene rings is 1. The van der Waals surface area contributed by atoms with Gasteiger partial charge in [-0.25, -0.2) is 0 Å². The second kappa shape index (κ2) is 10.8. The Balaban J connectivity index is 1.31. The smallest absolute Gasteiger partial charge is 0.150 e. The highest BCUT2D eigenvalue weighted by Crippen LogP contribution is 2.69. The first-order valence-electron chi connectivity index (χ1n) is 15.9. The maximum atomic E-state index is 11.2. The predicted octanol–water partition coefficient (Wildman–Crippen LogP) is 8.75. The van der Waals surface area contributed by atoms with Gasteiger partial charge in [-0.3, -0.25) is 4.79 Å². The summed E-state index contributed by atoms with van der Waals surface area (Å²) in [5.74, 6) is 6.26. The minimum absolute atomic E-state index is 0.184. The van der Waals surface area contributed by atoms with E-state index < -0.39 is 0 Å². The third kappa shape index (κ3) is 4.99. The van der Waals surface area contributed by atoms with Crippen LogP contribution >= 0.6 is 0 Å². The van der Waals surface area contributed by atoms with E-state index in [2.05, 4.69) is 46.8 Å². The number of hydrogen-bond acceptors (Lipinski definition) is 2. The fraction of sp³-hybridized carbons (Fsp3) is 0.800. The van der Waals surface area contributed by atoms with Gasteiger partial charge in [0.1, 0.15) is 6.29 Å². The van der Waals surface area contributed by atoms with E-state index in [1.165, 1.54) is 69.8 Å². The van der Waals surface area contributed by atoms with E-state index in [1.54, 1.807) is 0 Å². The minimum Gasteiger partial charge on any atom is -0.393 e. The van der Waals surface area contributed by atoms with Crippen LogP contribution in [0.3, 0.4) is 0 Å². The number of fused-ring (bicyclic) bond motifs is 5. The molecule has 1 aromatic rings. The molecule has 0 bridgehead atoms. The van der Waals surface area contributed by atoms with E-state index in [9.17, 15) is 9.90 Å². The summed E-state index contributed by atoms with van der Waals surface area (Å²) in [7, 11) is 0. The highest BCUT2D eigenvalue weighted by Gasteiger charge is 2.61. The molecular weight excluding hydrogens is 452 g/mol. The molecule has 4 saturated carbocycles. The lowest BCUT2D eigenvalue weighted by Gasteiger charge is -2.63. The number of carbonyl (C=O) groups excluding carboxylic acids is 1. The number of hydrogen-bond donors (Lipinski definition) is 1. The third-order valence-electron chi connectivity index (χ3n) is 12.7. The molecule has 2 heteroatoms. The van der Waals surface area contributed by atoms with E-state index >= 15 is 0 Å². The molecule has 4 aliphatic rings. The van der Waals surface area contributed by atoms with Crippen molar-refractivity contribution in [2.24, 2.45) is 58.2 Å². The molecule has 206 valence electrons. The van der Waals surface area contributed by atoms with Crippen LogP contribution in [0.15, 0.2) is 24.3 Å². The van der Waals surface area contributed by atoms with Crippen molar-refractivity contribution in [2.75, 3.05) is 0 Å². The van der Waals surface area contributed by atoms with Gasteiger partial charge in [0.2, 0.25) is 0 Å². The molecule has 37 heavy (non-hydrogen) atoms. The molecule has 0 unspecified atom stereocenters. The van der Waals surface area contributed by atoms with Crippen molar-refractivity contribution in [1.29, 1.82) is 0 Å². The lowest BCUT2D eigenvalue weighted by Crippen LogP contribution is -2.57. The molecule has 10 atom stereocenters. The largest absolute Gasteiger partial charge is 0.393 e. The lowest BCUT2D eigenvalue weighted by atomic mass is 9.42. The number of aldehydes is 1. The van der Waals surface area contributed by atoms with E-state index in [0.29, 0.717) is 22.7 Å². The molecule has 5 rings (SSSR count). The Bertz CT molecular complexity index is 920. The van der Waals surface area contributed by atoms with Gasteiger partial charge in [-0.05, 0) is 122 Å². The van der Waals surface area contributed by atoms with Gasteiger partial charge < -0.3 is 5.11 Å². The molecule has 0 saturated heterocycles. The Hall–Kier alpha value is -1.15. The summed E-state index contributed by atoms with van der Waals surface area (Å²) >= 11 is 0. The van der Waals surface area contributed by atoms with E-state index in [0.717, 1.165) is 60.2 Å². The fourth-order valence-electron chi connectivity index (χ4n) is 10.8. The monoisotopic (exact) mass is 506 g/mol. The molecular formula is C35H54O2. The Morgan fingerprint density at radius 2 is 1.54 bits per heavy atom. The Morgan fingerprint density at radius 3 is 2.24 bits per heavy atom. The summed E-state index contributed by atoms with van der Waals surface area (Å²) in [6.07, 6.45) is 16.5. The second-order valence-electron chi connectivity index (χ2n) is 14.9. The predicted molar refractivity (Wildman–Crippen MR) is 153 cm³/mol. The first-order valence-corrected chi connectivity index (χ1v) is 15.9. The molecule has 0 spiro atoms. The minimum atomic E-state index is -0.184. The summed E-state index contributed by atoms with van der Waals surface area (Å²) in [4.78, 5) is 11.1. The summed E-state index contributed by atoms with van der Waals surface area (Å²) in [5.41, 5.74) is 2.95. The third-order valence-corrected chi connectivity index (χ3v) is 12.7. The zero-order valence-corrected chi connectivity index (χ0v) is 24.4. The first kappa shape index (κ1) is 27.4. The zero-order chi connectivity index (χ0) is 26.4. The first-order chi connectivity index (χ1) is 17.7. The summed E-state index contributed by atoms with van der Waals surface area (Å²) in [6, 6.07) is 8.11. The highest BCUT2D eigenvalue weighted by molar-refractivity contribution is 5.74. The topological polar surface area (TPSA) is 37.3 Å². The van der Waals surface area contributed by atoms with Crippen LogP contribution in [-0.4, -0.2) is 17.5 Å². The number of aliphatic hydroxyl groups excluding tert-OH is 1. The maximum absolute atomic E-state index is 11.2. The van der Waals surface area contributed by atoms with Gasteiger partial charge in [0.05, 0.1) is 6.10 Å². The average molecular weight is 507 g/mol. The van der Waals surface area contributed by atoms with Crippen LogP contribution < -0.4 is 0 Å². The number of carbonyl (C=O) groups is 1. The molecule has 0 radical (unpaired) electrons. The van der Waals surface area contributed by atoms with Crippen molar-refractivity contribution >= 4 is 6.29 Å². The van der Waals surface area contributed by atoms with E-state index in [4.69, 9.17) is 0 Å². The lowest BCUT2D eigenvalue weighted by molar-refractivity contribution is -0.152. The standard InChI is InChI=1S/C35H54O2/c1-23(2)7-6-8-24(3)29-15-16-30-27-13-14-31-28(21-25-9-11-26(22-36)12-10-25)33(37)18-20-35(31,5)32(27)17-19-34(29,30)4/h9-12,22-24,27-33,37H,6-8,13-21H2,1-5H3/t24-,27+,28+,29-,30+,31+,32+,33+,34-,35+/m1/s1. The van der Waals surface area contributed by atoms with E-state index in [1.807, 2.05) is 12.1 Å². The van der Waals surface area contributed by atoms with Gasteiger partial charge >= 0.3 is 0 Å². The summed E-state index contributed by atoms with van der Waals surface area (Å²) in [6.45, 7) is 12.7. The molecule has 4 aliphatic carbocycles. The van der Waals surface area contributed by atoms with Crippen molar-refractivity contribution in [1.82, 2.24) is 0 Å². The van der Waals surface area contributed by atoms with Gasteiger partial charge in [0.25, 0.3) is 0 Å². The van der Waals surface area contributed by atoms with Gasteiger partial charge in [-0.2, -0.15) is 0 Å². The molecule has 1 aromatic carbocycles.